The third-order valence-electron chi connectivity index (χ3n) is 15.3. The molecule has 0 bridgehead atoms. The lowest BCUT2D eigenvalue weighted by atomic mass is 10.0. The van der Waals surface area contributed by atoms with Gasteiger partial charge in [-0.25, -0.2) is 0 Å². The fourth-order valence-corrected chi connectivity index (χ4v) is 10.2. The largest absolute Gasteiger partial charge is 0.462 e. The molecule has 0 rings (SSSR count). The van der Waals surface area contributed by atoms with Crippen LogP contribution in [0.25, 0.3) is 0 Å². The van der Waals surface area contributed by atoms with Gasteiger partial charge in [-0.1, -0.05) is 338 Å². The second-order valence-corrected chi connectivity index (χ2v) is 23.1. The number of rotatable bonds is 63. The van der Waals surface area contributed by atoms with Gasteiger partial charge in [-0.15, -0.1) is 0 Å². The molecule has 0 saturated heterocycles. The van der Waals surface area contributed by atoms with Crippen LogP contribution in [0, 0.1) is 0 Å². The molecule has 0 heterocycles. The van der Waals surface area contributed by atoms with Gasteiger partial charge < -0.3 is 14.2 Å². The van der Waals surface area contributed by atoms with Crippen molar-refractivity contribution in [2.24, 2.45) is 0 Å². The molecule has 1 unspecified atom stereocenters. The topological polar surface area (TPSA) is 78.9 Å². The van der Waals surface area contributed by atoms with Gasteiger partial charge in [0, 0.05) is 19.3 Å². The van der Waals surface area contributed by atoms with E-state index in [0.717, 1.165) is 89.9 Å². The molecule has 78 heavy (non-hydrogen) atoms. The summed E-state index contributed by atoms with van der Waals surface area (Å²) in [7, 11) is 0. The van der Waals surface area contributed by atoms with Crippen molar-refractivity contribution >= 4 is 17.9 Å². The van der Waals surface area contributed by atoms with Crippen molar-refractivity contribution in [2.75, 3.05) is 13.2 Å². The molecule has 6 nitrogen and oxygen atoms in total. The minimum Gasteiger partial charge on any atom is -0.462 e. The van der Waals surface area contributed by atoms with Crippen LogP contribution >= 0.6 is 0 Å². The van der Waals surface area contributed by atoms with Crippen molar-refractivity contribution < 1.29 is 28.6 Å². The fourth-order valence-electron chi connectivity index (χ4n) is 10.2. The summed E-state index contributed by atoms with van der Waals surface area (Å²) in [5, 5.41) is 0. The number of hydrogen-bond acceptors (Lipinski definition) is 6. The highest BCUT2D eigenvalue weighted by molar-refractivity contribution is 5.71. The summed E-state index contributed by atoms with van der Waals surface area (Å²) < 4.78 is 16.9. The minimum absolute atomic E-state index is 0.0683. The van der Waals surface area contributed by atoms with Crippen molar-refractivity contribution in [3.63, 3.8) is 0 Å². The summed E-state index contributed by atoms with van der Waals surface area (Å²) >= 11 is 0. The zero-order valence-corrected chi connectivity index (χ0v) is 52.2. The molecule has 0 aliphatic rings. The lowest BCUT2D eigenvalue weighted by Crippen LogP contribution is -2.30. The Morgan fingerprint density at radius 3 is 0.782 bits per heavy atom. The van der Waals surface area contributed by atoms with Crippen molar-refractivity contribution in [1.29, 1.82) is 0 Å². The van der Waals surface area contributed by atoms with Crippen molar-refractivity contribution in [2.45, 2.75) is 367 Å². The maximum Gasteiger partial charge on any atom is 0.306 e. The Labute approximate surface area is 485 Å². The van der Waals surface area contributed by atoms with Gasteiger partial charge >= 0.3 is 17.9 Å². The van der Waals surface area contributed by atoms with Crippen LogP contribution in [0.3, 0.4) is 0 Å². The zero-order valence-electron chi connectivity index (χ0n) is 52.2. The molecule has 1 atom stereocenters. The van der Waals surface area contributed by atoms with Crippen LogP contribution in [-0.4, -0.2) is 37.2 Å². The van der Waals surface area contributed by atoms with E-state index in [1.165, 1.54) is 231 Å². The first-order valence-corrected chi connectivity index (χ1v) is 34.3. The van der Waals surface area contributed by atoms with E-state index in [9.17, 15) is 14.4 Å². The lowest BCUT2D eigenvalue weighted by Gasteiger charge is -2.18. The molecule has 0 N–H and O–H groups in total. The first-order valence-electron chi connectivity index (χ1n) is 34.3. The SMILES string of the molecule is CC/C=C\C/C=C\C/C=C\C/C=C\C/C=C\CCCCCCCCCCCCCCCCCC(=O)OCC(COC(=O)CCCCCCCCC)OC(=O)CCCCCCCCCCCCCCCCCCCCCCCC. The van der Waals surface area contributed by atoms with E-state index in [-0.39, 0.29) is 31.1 Å². The average molecular weight is 1090 g/mol. The Bertz CT molecular complexity index is 1390. The lowest BCUT2D eigenvalue weighted by molar-refractivity contribution is -0.167. The summed E-state index contributed by atoms with van der Waals surface area (Å²) in [4.78, 5) is 38.1. The first-order chi connectivity index (χ1) is 38.5. The molecule has 454 valence electrons. The smallest absolute Gasteiger partial charge is 0.306 e. The van der Waals surface area contributed by atoms with Crippen LogP contribution in [0.2, 0.25) is 0 Å². The molecule has 0 aromatic heterocycles. The van der Waals surface area contributed by atoms with Crippen LogP contribution in [0.4, 0.5) is 0 Å². The molecular formula is C72H130O6. The highest BCUT2D eigenvalue weighted by Gasteiger charge is 2.19. The monoisotopic (exact) mass is 1090 g/mol. The quantitative estimate of drug-likeness (QED) is 0.0261. The molecule has 6 heteroatoms. The number of allylic oxidation sites excluding steroid dienone is 10. The number of ether oxygens (including phenoxy) is 3. The molecule has 0 aromatic carbocycles. The number of hydrogen-bond donors (Lipinski definition) is 0. The van der Waals surface area contributed by atoms with Crippen molar-refractivity contribution in [3.05, 3.63) is 60.8 Å². The van der Waals surface area contributed by atoms with E-state index in [4.69, 9.17) is 14.2 Å². The number of carbonyl (C=O) groups is 3. The van der Waals surface area contributed by atoms with Gasteiger partial charge in [0.15, 0.2) is 6.10 Å². The number of unbranched alkanes of at least 4 members (excludes halogenated alkanes) is 42. The number of carbonyl (C=O) groups excluding carboxylic acids is 3. The van der Waals surface area contributed by atoms with Gasteiger partial charge in [-0.05, 0) is 64.2 Å². The van der Waals surface area contributed by atoms with E-state index >= 15 is 0 Å². The third kappa shape index (κ3) is 63.9. The van der Waals surface area contributed by atoms with Crippen LogP contribution in [0.15, 0.2) is 60.8 Å². The first kappa shape index (κ1) is 75.1. The maximum absolute atomic E-state index is 12.9. The van der Waals surface area contributed by atoms with E-state index < -0.39 is 6.10 Å². The van der Waals surface area contributed by atoms with Gasteiger partial charge in [0.2, 0.25) is 0 Å². The second kappa shape index (κ2) is 66.6. The highest BCUT2D eigenvalue weighted by Crippen LogP contribution is 2.18. The molecule has 0 aromatic rings. The van der Waals surface area contributed by atoms with Crippen LogP contribution in [0.5, 0.6) is 0 Å². The van der Waals surface area contributed by atoms with E-state index in [1.807, 2.05) is 0 Å². The fraction of sp³-hybridized carbons (Fsp3) is 0.819. The van der Waals surface area contributed by atoms with E-state index in [0.29, 0.717) is 19.3 Å². The molecule has 0 fully saturated rings. The molecule has 0 amide bonds. The van der Waals surface area contributed by atoms with Crippen molar-refractivity contribution in [1.82, 2.24) is 0 Å². The van der Waals surface area contributed by atoms with Crippen molar-refractivity contribution in [3.8, 4) is 0 Å². The molecule has 0 saturated carbocycles. The Hall–Kier alpha value is -2.89. The molecule has 0 radical (unpaired) electrons. The van der Waals surface area contributed by atoms with Crippen LogP contribution < -0.4 is 0 Å². The Morgan fingerprint density at radius 1 is 0.269 bits per heavy atom. The highest BCUT2D eigenvalue weighted by atomic mass is 16.6. The van der Waals surface area contributed by atoms with Gasteiger partial charge in [-0.3, -0.25) is 14.4 Å². The predicted molar refractivity (Wildman–Crippen MR) is 339 cm³/mol. The summed E-state index contributed by atoms with van der Waals surface area (Å²) in [5.74, 6) is -0.852. The summed E-state index contributed by atoms with van der Waals surface area (Å²) in [5.41, 5.74) is 0. The second-order valence-electron chi connectivity index (χ2n) is 23.1. The third-order valence-corrected chi connectivity index (χ3v) is 15.3. The standard InChI is InChI=1S/C72H130O6/c1-4-7-10-13-16-18-20-22-24-26-28-30-32-33-34-35-36-37-38-39-40-42-43-45-47-49-51-53-56-59-62-65-71(74)77-68-69(67-76-70(73)64-61-58-55-15-12-9-6-3)78-72(75)66-63-60-57-54-52-50-48-46-44-41-31-29-27-25-23-21-19-17-14-11-8-5-2/h7,10,16,18,22,24,28,30,33-34,69H,4-6,8-9,11-15,17,19-21,23,25-27,29,31-32,35-68H2,1-3H3/b10-7-,18-16-,24-22-,30-28-,34-33-. The summed E-state index contributed by atoms with van der Waals surface area (Å²) in [6.45, 7) is 6.54. The Kier molecular flexibility index (Phi) is 64.2. The molecular weight excluding hydrogens is 961 g/mol. The minimum atomic E-state index is -0.768. The Balaban J connectivity index is 4.03. The van der Waals surface area contributed by atoms with Gasteiger partial charge in [0.05, 0.1) is 0 Å². The maximum atomic E-state index is 12.9. The normalized spacial score (nSPS) is 12.4. The van der Waals surface area contributed by atoms with Crippen LogP contribution in [0.1, 0.15) is 361 Å². The zero-order chi connectivity index (χ0) is 56.4. The number of esters is 3. The van der Waals surface area contributed by atoms with Crippen LogP contribution in [-0.2, 0) is 28.6 Å². The summed E-state index contributed by atoms with van der Waals surface area (Å²) in [6.07, 6.45) is 85.6. The van der Waals surface area contributed by atoms with Gasteiger partial charge in [0.25, 0.3) is 0 Å². The molecule has 0 aliphatic heterocycles. The molecule has 0 aliphatic carbocycles. The van der Waals surface area contributed by atoms with Gasteiger partial charge in [0.1, 0.15) is 13.2 Å². The molecule has 0 spiro atoms. The van der Waals surface area contributed by atoms with Gasteiger partial charge in [-0.2, -0.15) is 0 Å². The van der Waals surface area contributed by atoms with E-state index in [1.54, 1.807) is 0 Å². The summed E-state index contributed by atoms with van der Waals surface area (Å²) in [6, 6.07) is 0. The van der Waals surface area contributed by atoms with E-state index in [2.05, 4.69) is 81.5 Å². The average Bonchev–Trinajstić information content (AvgIpc) is 3.44. The Morgan fingerprint density at radius 2 is 0.500 bits per heavy atom. The predicted octanol–water partition coefficient (Wildman–Crippen LogP) is 23.5.